The summed E-state index contributed by atoms with van der Waals surface area (Å²) in [6, 6.07) is 0. The predicted octanol–water partition coefficient (Wildman–Crippen LogP) is 4.55. The SMILES string of the molecule is C=IC1(F)C(C)(F)C(CC)=C(CC)C1(F)F. The number of rotatable bonds is 3. The maximum absolute atomic E-state index is 14.3. The number of allylic oxidation sites excluding steroid dienone is 2. The Morgan fingerprint density at radius 3 is 1.75 bits per heavy atom. The summed E-state index contributed by atoms with van der Waals surface area (Å²) in [5, 5.41) is 0. The van der Waals surface area contributed by atoms with Crippen LogP contribution in [0, 0.1) is 0 Å². The normalized spacial score (nSPS) is 38.2. The minimum Gasteiger partial charge on any atom is -0.235 e. The van der Waals surface area contributed by atoms with E-state index in [4.69, 9.17) is 0 Å². The third-order valence-electron chi connectivity index (χ3n) is 3.19. The summed E-state index contributed by atoms with van der Waals surface area (Å²) in [6.07, 6.45) is 0.0896. The van der Waals surface area contributed by atoms with Crippen LogP contribution in [0.1, 0.15) is 33.6 Å². The second-order valence-electron chi connectivity index (χ2n) is 3.95. The summed E-state index contributed by atoms with van der Waals surface area (Å²) in [5.41, 5.74) is -3.03. The van der Waals surface area contributed by atoms with Gasteiger partial charge < -0.3 is 0 Å². The van der Waals surface area contributed by atoms with E-state index in [0.717, 1.165) is 6.92 Å². The zero-order chi connectivity index (χ0) is 12.8. The smallest absolute Gasteiger partial charge is 0.235 e. The largest absolute Gasteiger partial charge is 0.315 e. The van der Waals surface area contributed by atoms with E-state index in [1.807, 2.05) is 0 Å². The van der Waals surface area contributed by atoms with Crippen LogP contribution in [0.3, 0.4) is 0 Å². The van der Waals surface area contributed by atoms with E-state index in [1.165, 1.54) is 6.92 Å². The molecule has 0 aliphatic heterocycles. The molecule has 2 unspecified atom stereocenters. The highest BCUT2D eigenvalue weighted by Gasteiger charge is 2.73. The van der Waals surface area contributed by atoms with Crippen molar-refractivity contribution < 1.29 is 17.6 Å². The second kappa shape index (κ2) is 4.07. The lowest BCUT2D eigenvalue weighted by atomic mass is 9.96. The maximum Gasteiger partial charge on any atom is 0.315 e. The van der Waals surface area contributed by atoms with Crippen molar-refractivity contribution in [1.29, 1.82) is 0 Å². The van der Waals surface area contributed by atoms with Gasteiger partial charge in [-0.15, -0.1) is 0 Å². The molecule has 94 valence electrons. The van der Waals surface area contributed by atoms with E-state index in [2.05, 4.69) is 4.51 Å². The molecular weight excluding hydrogens is 335 g/mol. The van der Waals surface area contributed by atoms with Gasteiger partial charge in [-0.25, -0.2) is 8.78 Å². The summed E-state index contributed by atoms with van der Waals surface area (Å²) in [7, 11) is 0. The molecule has 0 saturated carbocycles. The molecule has 0 bridgehead atoms. The number of hydrogen-bond donors (Lipinski definition) is 0. The van der Waals surface area contributed by atoms with Gasteiger partial charge in [0, 0.05) is 5.57 Å². The molecule has 5 heteroatoms. The predicted molar refractivity (Wildman–Crippen MR) is 67.0 cm³/mol. The fourth-order valence-electron chi connectivity index (χ4n) is 2.34. The molecular formula is C11H15F4I. The molecule has 0 nitrogen and oxygen atoms in total. The second-order valence-corrected chi connectivity index (χ2v) is 6.20. The van der Waals surface area contributed by atoms with Crippen LogP contribution in [0.5, 0.6) is 0 Å². The molecule has 0 radical (unpaired) electrons. The van der Waals surface area contributed by atoms with E-state index >= 15 is 0 Å². The molecule has 0 amide bonds. The fraction of sp³-hybridized carbons (Fsp3) is 0.727. The molecule has 0 fully saturated rings. The van der Waals surface area contributed by atoms with Crippen LogP contribution >= 0.6 is 20.7 Å². The minimum absolute atomic E-state index is 0.0227. The average molecular weight is 350 g/mol. The van der Waals surface area contributed by atoms with Crippen LogP contribution in [-0.2, 0) is 0 Å². The summed E-state index contributed by atoms with van der Waals surface area (Å²) in [4.78, 5) is 0. The highest BCUT2D eigenvalue weighted by Crippen LogP contribution is 2.63. The van der Waals surface area contributed by atoms with Crippen molar-refractivity contribution >= 4 is 25.2 Å². The van der Waals surface area contributed by atoms with Gasteiger partial charge in [0.2, 0.25) is 0 Å². The van der Waals surface area contributed by atoms with Gasteiger partial charge in [0.15, 0.2) is 5.67 Å². The molecule has 16 heavy (non-hydrogen) atoms. The Kier molecular flexibility index (Phi) is 3.59. The fourth-order valence-corrected chi connectivity index (χ4v) is 4.18. The Morgan fingerprint density at radius 1 is 1.06 bits per heavy atom. The molecule has 2 atom stereocenters. The molecule has 0 heterocycles. The van der Waals surface area contributed by atoms with Crippen LogP contribution in [0.2, 0.25) is 0 Å². The Hall–Kier alpha value is 0.0600. The van der Waals surface area contributed by atoms with Crippen LogP contribution in [-0.4, -0.2) is 19.8 Å². The molecule has 1 aliphatic rings. The first-order chi connectivity index (χ1) is 7.20. The van der Waals surface area contributed by atoms with Gasteiger partial charge in [-0.05, 0) is 25.3 Å². The van der Waals surface area contributed by atoms with Gasteiger partial charge in [-0.2, -0.15) is 8.78 Å². The van der Waals surface area contributed by atoms with Gasteiger partial charge >= 0.3 is 5.92 Å². The highest BCUT2D eigenvalue weighted by molar-refractivity contribution is 14.2. The van der Waals surface area contributed by atoms with Crippen LogP contribution in [0.25, 0.3) is 0 Å². The summed E-state index contributed by atoms with van der Waals surface area (Å²) in [5.74, 6) is -3.70. The number of hydrogen-bond acceptors (Lipinski definition) is 0. The first-order valence-electron chi connectivity index (χ1n) is 5.08. The van der Waals surface area contributed by atoms with Gasteiger partial charge in [0.1, 0.15) is 0 Å². The van der Waals surface area contributed by atoms with Crippen molar-refractivity contribution in [3.8, 4) is 0 Å². The van der Waals surface area contributed by atoms with Crippen molar-refractivity contribution in [3.63, 3.8) is 0 Å². The molecule has 0 N–H and O–H groups in total. The number of halogens is 5. The molecule has 1 rings (SSSR count). The van der Waals surface area contributed by atoms with Crippen molar-refractivity contribution in [2.75, 3.05) is 0 Å². The van der Waals surface area contributed by atoms with Gasteiger partial charge in [0.05, 0.1) is 0 Å². The Bertz CT molecular complexity index is 318. The maximum atomic E-state index is 14.3. The Morgan fingerprint density at radius 2 is 1.50 bits per heavy atom. The topological polar surface area (TPSA) is 0 Å². The molecule has 0 saturated heterocycles. The van der Waals surface area contributed by atoms with E-state index in [9.17, 15) is 17.6 Å². The quantitative estimate of drug-likeness (QED) is 0.303. The van der Waals surface area contributed by atoms with Gasteiger partial charge in [0.25, 0.3) is 3.68 Å². The lowest BCUT2D eigenvalue weighted by molar-refractivity contribution is -0.0827. The third kappa shape index (κ3) is 1.42. The van der Waals surface area contributed by atoms with Gasteiger partial charge in [-0.1, -0.05) is 39.1 Å². The summed E-state index contributed by atoms with van der Waals surface area (Å²) in [6.45, 7) is 4.00. The van der Waals surface area contributed by atoms with Crippen molar-refractivity contribution in [2.24, 2.45) is 0 Å². The zero-order valence-corrected chi connectivity index (χ0v) is 11.7. The standard InChI is InChI=1S/C11H15F4I/c1-5-7-8(6-2)10(13,14)11(15,16-4)9(7,3)12/h4-6H2,1-3H3. The molecule has 0 aromatic heterocycles. The third-order valence-corrected chi connectivity index (χ3v) is 5.93. The highest BCUT2D eigenvalue weighted by atomic mass is 127. The first kappa shape index (κ1) is 14.1. The van der Waals surface area contributed by atoms with Gasteiger partial charge in [-0.3, -0.25) is 0 Å². The Balaban J connectivity index is 3.52. The first-order valence-corrected chi connectivity index (χ1v) is 7.69. The summed E-state index contributed by atoms with van der Waals surface area (Å²) < 4.78 is 56.6. The molecule has 0 aromatic carbocycles. The Labute approximate surface area is 103 Å². The van der Waals surface area contributed by atoms with Crippen LogP contribution in [0.4, 0.5) is 17.6 Å². The molecule has 0 spiro atoms. The summed E-state index contributed by atoms with van der Waals surface area (Å²) >= 11 is -1.81. The zero-order valence-electron chi connectivity index (χ0n) is 9.51. The van der Waals surface area contributed by atoms with Crippen LogP contribution < -0.4 is 0 Å². The van der Waals surface area contributed by atoms with Crippen molar-refractivity contribution in [1.82, 2.24) is 0 Å². The molecule has 1 aliphatic carbocycles. The van der Waals surface area contributed by atoms with E-state index in [0.29, 0.717) is 0 Å². The average Bonchev–Trinajstić information content (AvgIpc) is 2.33. The lowest BCUT2D eigenvalue weighted by Crippen LogP contribution is -2.49. The van der Waals surface area contributed by atoms with E-state index in [-0.39, 0.29) is 24.0 Å². The van der Waals surface area contributed by atoms with Crippen LogP contribution in [0.15, 0.2) is 11.1 Å². The van der Waals surface area contributed by atoms with Crippen molar-refractivity contribution in [2.45, 2.75) is 48.9 Å². The monoisotopic (exact) mass is 350 g/mol. The lowest BCUT2D eigenvalue weighted by Gasteiger charge is -2.32. The van der Waals surface area contributed by atoms with E-state index in [1.54, 1.807) is 6.92 Å². The van der Waals surface area contributed by atoms with Crippen molar-refractivity contribution in [3.05, 3.63) is 11.1 Å². The molecule has 0 aromatic rings. The van der Waals surface area contributed by atoms with E-state index < -0.39 is 36.0 Å². The minimum atomic E-state index is -3.70. The number of alkyl halides is 5.